The van der Waals surface area contributed by atoms with Crippen molar-refractivity contribution in [2.45, 2.75) is 59.3 Å². The minimum atomic E-state index is -3.89. The molecule has 2 aliphatic carbocycles. The van der Waals surface area contributed by atoms with Crippen molar-refractivity contribution >= 4 is 73.3 Å². The molecule has 2 aliphatic rings. The second-order valence-electron chi connectivity index (χ2n) is 7.81. The Hall–Kier alpha value is -0.00364. The number of nitrogens with one attached hydrogen (secondary N) is 2. The van der Waals surface area contributed by atoms with Gasteiger partial charge in [-0.15, -0.1) is 0 Å². The molecule has 0 fully saturated rings. The minimum absolute atomic E-state index is 0. The molecule has 0 saturated carbocycles. The van der Waals surface area contributed by atoms with Gasteiger partial charge in [-0.2, -0.15) is 12.7 Å². The van der Waals surface area contributed by atoms with Crippen molar-refractivity contribution in [3.63, 3.8) is 0 Å². The third kappa shape index (κ3) is 6.07. The number of anilines is 1. The molecule has 0 aliphatic heterocycles. The molecule has 1 aromatic rings. The summed E-state index contributed by atoms with van der Waals surface area (Å²) in [5.74, 6) is 0. The van der Waals surface area contributed by atoms with Crippen molar-refractivity contribution in [1.29, 1.82) is 0 Å². The van der Waals surface area contributed by atoms with Crippen LogP contribution in [0.2, 0.25) is 0 Å². The van der Waals surface area contributed by atoms with Crippen LogP contribution in [0.4, 0.5) is 10.5 Å². The first-order valence-corrected chi connectivity index (χ1v) is 12.3. The smallest absolute Gasteiger partial charge is 0.307 e. The maximum Gasteiger partial charge on any atom is 0.333 e. The molecular formula is C21H34KN4O3S. The molecule has 0 bridgehead atoms. The molecule has 1 aromatic carbocycles. The molecule has 0 atom stereocenters. The van der Waals surface area contributed by atoms with E-state index in [2.05, 4.69) is 34.9 Å². The number of hydrogen-bond acceptors (Lipinski definition) is 4. The van der Waals surface area contributed by atoms with Crippen LogP contribution in [0.1, 0.15) is 55.9 Å². The monoisotopic (exact) mass is 461 g/mol. The van der Waals surface area contributed by atoms with Crippen LogP contribution in [0, 0.1) is 0 Å². The molecule has 9 heteroatoms. The van der Waals surface area contributed by atoms with Crippen LogP contribution in [-0.4, -0.2) is 108 Å². The Morgan fingerprint density at radius 3 is 2.00 bits per heavy atom. The molecule has 3 rings (SSSR count). The summed E-state index contributed by atoms with van der Waals surface area (Å²) >= 11 is 0. The van der Waals surface area contributed by atoms with E-state index in [4.69, 9.17) is 0 Å². The van der Waals surface area contributed by atoms with Gasteiger partial charge in [-0.05, 0) is 73.9 Å². The Balaban J connectivity index is 0.00000320. The minimum Gasteiger partial charge on any atom is -0.307 e. The molecule has 0 spiro atoms. The third-order valence-electron chi connectivity index (χ3n) is 6.19. The molecule has 0 heterocycles. The normalized spacial score (nSPS) is 15.1. The first kappa shape index (κ1) is 26.3. The number of nitrogens with zero attached hydrogens (tertiary/aromatic N) is 2. The second-order valence-corrected chi connectivity index (χ2v) is 9.48. The van der Waals surface area contributed by atoms with Crippen molar-refractivity contribution in [2.24, 2.45) is 0 Å². The summed E-state index contributed by atoms with van der Waals surface area (Å²) in [6.45, 7) is 8.95. The van der Waals surface area contributed by atoms with E-state index in [-0.39, 0.29) is 51.4 Å². The van der Waals surface area contributed by atoms with E-state index in [1.165, 1.54) is 26.6 Å². The number of hydrogen-bond donors (Lipinski definition) is 2. The zero-order valence-corrected chi connectivity index (χ0v) is 22.8. The number of likely N-dealkylation sites (N-methyl/N-ethyl adjacent to an activating group) is 2. The van der Waals surface area contributed by atoms with Gasteiger partial charge in [0.1, 0.15) is 0 Å². The van der Waals surface area contributed by atoms with Crippen LogP contribution >= 0.6 is 0 Å². The number of urea groups is 1. The van der Waals surface area contributed by atoms with Gasteiger partial charge in [-0.25, -0.2) is 9.52 Å². The topological polar surface area (TPSA) is 81.8 Å². The molecule has 0 saturated heterocycles. The predicted molar refractivity (Wildman–Crippen MR) is 122 cm³/mol. The predicted octanol–water partition coefficient (Wildman–Crippen LogP) is 2.31. The summed E-state index contributed by atoms with van der Waals surface area (Å²) in [5, 5.41) is 2.90. The van der Waals surface area contributed by atoms with Gasteiger partial charge in [-0.3, -0.25) is 0 Å². The zero-order chi connectivity index (χ0) is 21.0. The second kappa shape index (κ2) is 11.7. The molecule has 1 radical (unpaired) electrons. The van der Waals surface area contributed by atoms with E-state index in [1.54, 1.807) is 6.92 Å². The number of fused-ring (bicyclic) bond motifs is 2. The Morgan fingerprint density at radius 2 is 1.50 bits per heavy atom. The van der Waals surface area contributed by atoms with Gasteiger partial charge in [0.25, 0.3) is 0 Å². The van der Waals surface area contributed by atoms with Crippen molar-refractivity contribution in [1.82, 2.24) is 13.9 Å². The number of amides is 2. The molecule has 163 valence electrons. The van der Waals surface area contributed by atoms with E-state index in [1.807, 2.05) is 0 Å². The molecule has 0 unspecified atom stereocenters. The van der Waals surface area contributed by atoms with Crippen LogP contribution in [0.25, 0.3) is 0 Å². The standard InChI is InChI=1S/C21H34N4O3S.K/c1-4-24(5-2)13-14-25(6-3)29(27,28)23-21(26)22-20-18-11-7-9-16(18)15-17-10-8-12-19(17)20;/h15H,4-14H2,1-3H3,(H2,22,23,26);. The van der Waals surface area contributed by atoms with Crippen molar-refractivity contribution in [3.05, 3.63) is 28.3 Å². The molecule has 2 N–H and O–H groups in total. The van der Waals surface area contributed by atoms with Gasteiger partial charge < -0.3 is 10.2 Å². The fraction of sp³-hybridized carbons (Fsp3) is 0.667. The summed E-state index contributed by atoms with van der Waals surface area (Å²) in [6, 6.07) is 1.62. The van der Waals surface area contributed by atoms with Crippen LogP contribution in [0.15, 0.2) is 6.07 Å². The van der Waals surface area contributed by atoms with Crippen molar-refractivity contribution in [2.75, 3.05) is 38.0 Å². The Labute approximate surface area is 223 Å². The van der Waals surface area contributed by atoms with Crippen LogP contribution in [0.3, 0.4) is 0 Å². The zero-order valence-electron chi connectivity index (χ0n) is 18.9. The Morgan fingerprint density at radius 1 is 0.933 bits per heavy atom. The van der Waals surface area contributed by atoms with Crippen molar-refractivity contribution < 1.29 is 13.2 Å². The Kier molecular flexibility index (Phi) is 10.3. The average molecular weight is 462 g/mol. The molecule has 2 amide bonds. The largest absolute Gasteiger partial charge is 0.333 e. The van der Waals surface area contributed by atoms with Crippen LogP contribution in [-0.2, 0) is 35.9 Å². The van der Waals surface area contributed by atoms with Gasteiger partial charge in [0.2, 0.25) is 0 Å². The summed E-state index contributed by atoms with van der Waals surface area (Å²) in [6.07, 6.45) is 6.12. The summed E-state index contributed by atoms with van der Waals surface area (Å²) in [7, 11) is -3.89. The van der Waals surface area contributed by atoms with Crippen LogP contribution in [0.5, 0.6) is 0 Å². The molecule has 7 nitrogen and oxygen atoms in total. The maximum atomic E-state index is 12.8. The first-order valence-electron chi connectivity index (χ1n) is 10.9. The average Bonchev–Trinajstić information content (AvgIpc) is 3.33. The number of aryl methyl sites for hydroxylation is 2. The third-order valence-corrected chi connectivity index (χ3v) is 7.75. The maximum absolute atomic E-state index is 12.8. The number of benzene rings is 1. The van der Waals surface area contributed by atoms with Gasteiger partial charge in [0, 0.05) is 76.7 Å². The van der Waals surface area contributed by atoms with Gasteiger partial charge in [0.05, 0.1) is 0 Å². The van der Waals surface area contributed by atoms with Crippen LogP contribution < -0.4 is 10.0 Å². The fourth-order valence-corrected chi connectivity index (χ4v) is 5.61. The van der Waals surface area contributed by atoms with Crippen molar-refractivity contribution in [3.8, 4) is 0 Å². The van der Waals surface area contributed by atoms with E-state index in [9.17, 15) is 13.2 Å². The quantitative estimate of drug-likeness (QED) is 0.553. The molecule has 0 aromatic heterocycles. The van der Waals surface area contributed by atoms with E-state index >= 15 is 0 Å². The number of rotatable bonds is 9. The summed E-state index contributed by atoms with van der Waals surface area (Å²) in [5.41, 5.74) is 5.84. The summed E-state index contributed by atoms with van der Waals surface area (Å²) in [4.78, 5) is 14.8. The number of carbonyl (C=O) groups is 1. The first-order chi connectivity index (χ1) is 13.9. The SMILES string of the molecule is CCN(CC)CCN(CC)S(=O)(=O)NC(=O)Nc1c2c(cc3c1CCC3)CCC2.[K]. The molecule has 30 heavy (non-hydrogen) atoms. The van der Waals surface area contributed by atoms with E-state index < -0.39 is 16.2 Å². The molecular weight excluding hydrogens is 427 g/mol. The van der Waals surface area contributed by atoms with E-state index in [0.29, 0.717) is 19.6 Å². The fourth-order valence-electron chi connectivity index (χ4n) is 4.53. The van der Waals surface area contributed by atoms with Gasteiger partial charge >= 0.3 is 16.2 Å². The number of carbonyl (C=O) groups excluding carboxylic acids is 1. The van der Waals surface area contributed by atoms with E-state index in [0.717, 1.165) is 57.3 Å². The van der Waals surface area contributed by atoms with Gasteiger partial charge in [-0.1, -0.05) is 26.8 Å². The Bertz CT molecular complexity index is 824. The summed E-state index contributed by atoms with van der Waals surface area (Å²) < 4.78 is 29.1. The van der Waals surface area contributed by atoms with Gasteiger partial charge in [0.15, 0.2) is 0 Å².